The average Bonchev–Trinajstić information content (AvgIpc) is 3.69. The van der Waals surface area contributed by atoms with Crippen molar-refractivity contribution >= 4 is 84.8 Å². The van der Waals surface area contributed by atoms with Crippen molar-refractivity contribution in [3.63, 3.8) is 0 Å². The van der Waals surface area contributed by atoms with E-state index < -0.39 is 0 Å². The van der Waals surface area contributed by atoms with E-state index in [0.717, 1.165) is 34.4 Å². The standard InChI is InChI=1S/C36H27NO2Se2/c1-4-36(5-2)27(37(3)35-30(36)34-33(41-35)23-12-8-9-13-26(23)40-34)19-18-25-31(38)24-17-16-21-15-14-20-10-6-7-11-22(20)28(21)29(24)32(25)39/h6-19H,4-5H2,1-3H3/b25-18+,27-19+. The number of benzene rings is 4. The number of nitrogens with zero attached hydrogens (tertiary/aromatic N) is 1. The maximum atomic E-state index is 14.0. The second kappa shape index (κ2) is 9.02. The van der Waals surface area contributed by atoms with Crippen molar-refractivity contribution in [3.05, 3.63) is 113 Å². The van der Waals surface area contributed by atoms with Gasteiger partial charge in [0.2, 0.25) is 0 Å². The van der Waals surface area contributed by atoms with Crippen LogP contribution in [0.1, 0.15) is 53.0 Å². The number of anilines is 1. The Morgan fingerprint density at radius 1 is 0.756 bits per heavy atom. The summed E-state index contributed by atoms with van der Waals surface area (Å²) >= 11 is 0.569. The fraction of sp³-hybridized carbons (Fsp3) is 0.167. The van der Waals surface area contributed by atoms with Gasteiger partial charge in [0.25, 0.3) is 0 Å². The zero-order valence-electron chi connectivity index (χ0n) is 23.1. The number of hydrogen-bond donors (Lipinski definition) is 0. The predicted molar refractivity (Wildman–Crippen MR) is 172 cm³/mol. The van der Waals surface area contributed by atoms with E-state index in [1.54, 1.807) is 8.52 Å². The third-order valence-corrected chi connectivity index (χ3v) is 15.2. The molecule has 41 heavy (non-hydrogen) atoms. The van der Waals surface area contributed by atoms with E-state index in [1.807, 2.05) is 42.5 Å². The first-order valence-corrected chi connectivity index (χ1v) is 17.6. The van der Waals surface area contributed by atoms with E-state index in [0.29, 0.717) is 25.6 Å². The molecule has 1 aliphatic heterocycles. The molecule has 3 heterocycles. The van der Waals surface area contributed by atoms with Crippen molar-refractivity contribution in [3.8, 4) is 0 Å². The monoisotopic (exact) mass is 665 g/mol. The molecule has 0 bridgehead atoms. The van der Waals surface area contributed by atoms with Crippen molar-refractivity contribution in [1.29, 1.82) is 0 Å². The average molecular weight is 664 g/mol. The van der Waals surface area contributed by atoms with Crippen LogP contribution in [-0.2, 0) is 5.41 Å². The van der Waals surface area contributed by atoms with Crippen LogP contribution in [0.15, 0.2) is 96.2 Å². The summed E-state index contributed by atoms with van der Waals surface area (Å²) in [5.74, 6) is -0.326. The molecule has 200 valence electrons. The van der Waals surface area contributed by atoms with Crippen LogP contribution in [0.4, 0.5) is 4.56 Å². The number of Topliss-reactive ketones (excluding diaryl/α,β-unsaturated/α-hetero) is 2. The molecule has 0 spiro atoms. The topological polar surface area (TPSA) is 37.4 Å². The second-order valence-corrected chi connectivity index (χ2v) is 15.4. The molecule has 0 saturated carbocycles. The molecule has 6 aromatic rings. The van der Waals surface area contributed by atoms with Gasteiger partial charge in [-0.15, -0.1) is 0 Å². The molecule has 0 amide bonds. The first-order chi connectivity index (χ1) is 20.0. The van der Waals surface area contributed by atoms with E-state index in [9.17, 15) is 9.59 Å². The van der Waals surface area contributed by atoms with Crippen LogP contribution in [0.25, 0.3) is 39.7 Å². The van der Waals surface area contributed by atoms with Gasteiger partial charge in [-0.1, -0.05) is 6.07 Å². The molecule has 3 nitrogen and oxygen atoms in total. The number of carbonyl (C=O) groups excluding carboxylic acids is 2. The van der Waals surface area contributed by atoms with Crippen LogP contribution in [-0.4, -0.2) is 47.6 Å². The van der Waals surface area contributed by atoms with Crippen molar-refractivity contribution in [2.75, 3.05) is 11.9 Å². The number of hydrogen-bond acceptors (Lipinski definition) is 3. The maximum absolute atomic E-state index is 14.0. The Labute approximate surface area is 250 Å². The summed E-state index contributed by atoms with van der Waals surface area (Å²) in [5, 5.41) is 5.42. The van der Waals surface area contributed by atoms with E-state index in [2.05, 4.69) is 68.3 Å². The first kappa shape index (κ1) is 25.3. The summed E-state index contributed by atoms with van der Waals surface area (Å²) in [7, 11) is 2.18. The van der Waals surface area contributed by atoms with Crippen molar-refractivity contribution in [2.24, 2.45) is 0 Å². The van der Waals surface area contributed by atoms with E-state index in [-0.39, 0.29) is 37.1 Å². The number of carbonyl (C=O) groups is 2. The van der Waals surface area contributed by atoms with Crippen molar-refractivity contribution in [2.45, 2.75) is 32.1 Å². The molecule has 2 aromatic heterocycles. The molecule has 0 atom stereocenters. The summed E-state index contributed by atoms with van der Waals surface area (Å²) in [6.07, 6.45) is 5.89. The molecule has 0 radical (unpaired) electrons. The number of allylic oxidation sites excluding steroid dienone is 4. The second-order valence-electron chi connectivity index (χ2n) is 11.1. The molecule has 2 aliphatic rings. The van der Waals surface area contributed by atoms with Gasteiger partial charge in [-0.05, 0) is 0 Å². The summed E-state index contributed by atoms with van der Waals surface area (Å²) < 4.78 is 6.11. The van der Waals surface area contributed by atoms with Gasteiger partial charge in [0, 0.05) is 0 Å². The minimum atomic E-state index is -0.166. The molecule has 0 unspecified atom stereocenters. The third kappa shape index (κ3) is 3.27. The Bertz CT molecular complexity index is 2190. The van der Waals surface area contributed by atoms with Crippen LogP contribution in [0.3, 0.4) is 0 Å². The Balaban J connectivity index is 1.29. The zero-order valence-corrected chi connectivity index (χ0v) is 26.5. The van der Waals surface area contributed by atoms with Crippen LogP contribution >= 0.6 is 0 Å². The van der Waals surface area contributed by atoms with Gasteiger partial charge in [0.1, 0.15) is 0 Å². The minimum absolute atomic E-state index is 0.107. The zero-order chi connectivity index (χ0) is 28.0. The molecule has 0 N–H and O–H groups in total. The van der Waals surface area contributed by atoms with Crippen LogP contribution < -0.4 is 4.90 Å². The summed E-state index contributed by atoms with van der Waals surface area (Å²) in [4.78, 5) is 30.1. The third-order valence-electron chi connectivity index (χ3n) is 9.31. The van der Waals surface area contributed by atoms with Crippen LogP contribution in [0, 0.1) is 0 Å². The Morgan fingerprint density at radius 2 is 1.46 bits per heavy atom. The van der Waals surface area contributed by atoms with E-state index in [1.165, 1.54) is 25.5 Å². The molecule has 0 saturated heterocycles. The molecule has 0 fully saturated rings. The van der Waals surface area contributed by atoms with Gasteiger partial charge >= 0.3 is 245 Å². The van der Waals surface area contributed by atoms with Gasteiger partial charge < -0.3 is 0 Å². The molecule has 5 heteroatoms. The number of likely N-dealkylation sites (N-methyl/N-ethyl adjacent to an activating group) is 1. The van der Waals surface area contributed by atoms with E-state index >= 15 is 0 Å². The Kier molecular flexibility index (Phi) is 5.56. The predicted octanol–water partition coefficient (Wildman–Crippen LogP) is 7.81. The van der Waals surface area contributed by atoms with Crippen LogP contribution in [0.2, 0.25) is 0 Å². The summed E-state index contributed by atoms with van der Waals surface area (Å²) in [5.41, 5.74) is 3.99. The summed E-state index contributed by atoms with van der Waals surface area (Å²) in [6, 6.07) is 25.0. The Morgan fingerprint density at radius 3 is 2.27 bits per heavy atom. The summed E-state index contributed by atoms with van der Waals surface area (Å²) in [6.45, 7) is 4.57. The number of rotatable bonds is 3. The van der Waals surface area contributed by atoms with Gasteiger partial charge in [0.05, 0.1) is 0 Å². The number of ketones is 2. The molecular formula is C36H27NO2Se2. The van der Waals surface area contributed by atoms with Gasteiger partial charge in [0.15, 0.2) is 0 Å². The quantitative estimate of drug-likeness (QED) is 0.0840. The molecular weight excluding hydrogens is 636 g/mol. The van der Waals surface area contributed by atoms with Gasteiger partial charge in [-0.2, -0.15) is 0 Å². The SMILES string of the molecule is CCC1(CC)/C(=C\C=C2/C(=O)c3ccc4ccc5ccccc5c4c3C2=O)N(C)c2[se]c3c([se]c4ccccc43)c21. The first-order valence-electron chi connectivity index (χ1n) is 14.1. The van der Waals surface area contributed by atoms with Crippen molar-refractivity contribution in [1.82, 2.24) is 0 Å². The van der Waals surface area contributed by atoms with Crippen molar-refractivity contribution < 1.29 is 9.59 Å². The molecule has 4 aromatic carbocycles. The molecule has 8 rings (SSSR count). The fourth-order valence-electron chi connectivity index (χ4n) is 7.21. The fourth-order valence-corrected chi connectivity index (χ4v) is 14.1. The van der Waals surface area contributed by atoms with E-state index in [4.69, 9.17) is 0 Å². The van der Waals surface area contributed by atoms with Gasteiger partial charge in [-0.25, -0.2) is 0 Å². The van der Waals surface area contributed by atoms with Crippen LogP contribution in [0.5, 0.6) is 0 Å². The Hall–Kier alpha value is -3.46. The molecule has 1 aliphatic carbocycles. The number of fused-ring (bicyclic) bond motifs is 10. The van der Waals surface area contributed by atoms with Gasteiger partial charge in [-0.3, -0.25) is 0 Å². The normalized spacial score (nSPS) is 18.2.